The normalized spacial score (nSPS) is 10.9. The Morgan fingerprint density at radius 1 is 1.09 bits per heavy atom. The second-order valence-corrected chi connectivity index (χ2v) is 7.20. The van der Waals surface area contributed by atoms with E-state index in [4.69, 9.17) is 14.6 Å². The van der Waals surface area contributed by atoms with Crippen molar-refractivity contribution >= 4 is 17.4 Å². The summed E-state index contributed by atoms with van der Waals surface area (Å²) >= 11 is 0. The summed E-state index contributed by atoms with van der Waals surface area (Å²) in [6, 6.07) is 17.7. The lowest BCUT2D eigenvalue weighted by molar-refractivity contribution is -0.513. The van der Waals surface area contributed by atoms with Crippen LogP contribution in [0.5, 0.6) is 5.75 Å². The standard InChI is InChI=1S/C22H20N4O2.C2HF3O2/c1-28-19-8-3-2-6-16(19)11-14-24-22(27)21-25-20(17-9-12-23-13-10-17)18-7-4-5-15-26(18)21;3-2(4,5)1(6)7/h2-10,12-13,15H,11,14H2,1H3,(H,24,27);(H,6,7)/p+1. The van der Waals surface area contributed by atoms with E-state index in [0.717, 1.165) is 28.1 Å². The smallest absolute Gasteiger partial charge is 0.430 e. The number of carbonyl (C=O) groups is 2. The van der Waals surface area contributed by atoms with Gasteiger partial charge in [-0.3, -0.25) is 4.79 Å². The highest BCUT2D eigenvalue weighted by molar-refractivity contribution is 5.91. The van der Waals surface area contributed by atoms with Gasteiger partial charge in [-0.2, -0.15) is 17.6 Å². The summed E-state index contributed by atoms with van der Waals surface area (Å²) in [4.78, 5) is 27.9. The van der Waals surface area contributed by atoms with Crippen LogP contribution in [-0.4, -0.2) is 36.7 Å². The van der Waals surface area contributed by atoms with Crippen molar-refractivity contribution in [2.45, 2.75) is 12.6 Å². The molecular formula is C24H22F3N4O4+. The SMILES string of the molecule is COc1ccccc1CCNC(=O)c1[nH]c(-c2cc[nH+]cc2)c2cccc[n+]12.O=C([O-])C(F)(F)F. The minimum Gasteiger partial charge on any atom is -0.542 e. The van der Waals surface area contributed by atoms with Crippen molar-refractivity contribution in [3.8, 4) is 17.0 Å². The highest BCUT2D eigenvalue weighted by atomic mass is 19.4. The molecule has 1 aromatic carbocycles. The van der Waals surface area contributed by atoms with Crippen LogP contribution in [0.25, 0.3) is 16.8 Å². The number of para-hydroxylation sites is 1. The molecular weight excluding hydrogens is 465 g/mol. The number of carboxylic acid groups (broad SMARTS) is 1. The van der Waals surface area contributed by atoms with Gasteiger partial charge in [0.05, 0.1) is 13.3 Å². The minimum absolute atomic E-state index is 0.148. The van der Waals surface area contributed by atoms with Crippen LogP contribution in [0.15, 0.2) is 73.2 Å². The van der Waals surface area contributed by atoms with E-state index in [0.29, 0.717) is 18.8 Å². The Bertz CT molecular complexity index is 1310. The first-order chi connectivity index (χ1) is 16.7. The lowest BCUT2D eigenvalue weighted by Gasteiger charge is -2.08. The number of H-pyrrole nitrogens is 2. The highest BCUT2D eigenvalue weighted by Gasteiger charge is 2.29. The van der Waals surface area contributed by atoms with Gasteiger partial charge in [-0.15, -0.1) is 0 Å². The summed E-state index contributed by atoms with van der Waals surface area (Å²) in [5, 5.41) is 11.8. The predicted molar refractivity (Wildman–Crippen MR) is 116 cm³/mol. The average molecular weight is 487 g/mol. The third kappa shape index (κ3) is 6.34. The van der Waals surface area contributed by atoms with Gasteiger partial charge in [-0.1, -0.05) is 24.3 Å². The molecule has 0 unspecified atom stereocenters. The number of halogens is 3. The molecule has 0 fully saturated rings. The fourth-order valence-electron chi connectivity index (χ4n) is 3.33. The van der Waals surface area contributed by atoms with Gasteiger partial charge in [0.2, 0.25) is 0 Å². The van der Waals surface area contributed by atoms with Crippen LogP contribution in [0.1, 0.15) is 16.2 Å². The molecule has 0 atom stereocenters. The number of ether oxygens (including phenoxy) is 1. The number of methoxy groups -OCH3 is 1. The Morgan fingerprint density at radius 2 is 1.74 bits per heavy atom. The molecule has 35 heavy (non-hydrogen) atoms. The number of aliphatic carboxylic acids is 1. The van der Waals surface area contributed by atoms with Crippen LogP contribution in [0.4, 0.5) is 13.2 Å². The number of aromatic nitrogens is 3. The van der Waals surface area contributed by atoms with Gasteiger partial charge in [-0.05, 0) is 30.2 Å². The molecule has 0 radical (unpaired) electrons. The summed E-state index contributed by atoms with van der Waals surface area (Å²) in [7, 11) is 1.65. The molecule has 4 rings (SSSR count). The summed E-state index contributed by atoms with van der Waals surface area (Å²) in [5.41, 5.74) is 3.93. The van der Waals surface area contributed by atoms with Crippen LogP contribution in [0.3, 0.4) is 0 Å². The third-order valence-corrected chi connectivity index (χ3v) is 4.93. The third-order valence-electron chi connectivity index (χ3n) is 4.93. The van der Waals surface area contributed by atoms with Crippen LogP contribution >= 0.6 is 0 Å². The number of amides is 1. The van der Waals surface area contributed by atoms with Crippen molar-refractivity contribution < 1.29 is 42.0 Å². The molecule has 3 heterocycles. The quantitative estimate of drug-likeness (QED) is 0.402. The number of imidazole rings is 1. The van der Waals surface area contributed by atoms with Crippen molar-refractivity contribution in [3.05, 3.63) is 84.6 Å². The zero-order valence-corrected chi connectivity index (χ0v) is 18.6. The Kier molecular flexibility index (Phi) is 8.03. The molecule has 182 valence electrons. The Labute approximate surface area is 198 Å². The molecule has 3 aromatic heterocycles. The minimum atomic E-state index is -5.19. The fourth-order valence-corrected chi connectivity index (χ4v) is 3.33. The number of carbonyl (C=O) groups excluding carboxylic acids is 2. The largest absolute Gasteiger partial charge is 0.542 e. The van der Waals surface area contributed by atoms with Crippen LogP contribution < -0.4 is 24.5 Å². The van der Waals surface area contributed by atoms with E-state index >= 15 is 0 Å². The molecule has 0 spiro atoms. The molecule has 0 saturated carbocycles. The van der Waals surface area contributed by atoms with Crippen molar-refractivity contribution in [1.29, 1.82) is 0 Å². The van der Waals surface area contributed by atoms with Gasteiger partial charge in [0, 0.05) is 24.2 Å². The van der Waals surface area contributed by atoms with E-state index in [1.54, 1.807) is 7.11 Å². The first-order valence-corrected chi connectivity index (χ1v) is 10.4. The van der Waals surface area contributed by atoms with E-state index in [-0.39, 0.29) is 5.91 Å². The Hall–Kier alpha value is -4.41. The number of nitrogens with one attached hydrogen (secondary N) is 3. The average Bonchev–Trinajstić information content (AvgIpc) is 3.24. The number of carboxylic acids is 1. The highest BCUT2D eigenvalue weighted by Crippen LogP contribution is 2.20. The van der Waals surface area contributed by atoms with Gasteiger partial charge in [0.1, 0.15) is 11.7 Å². The summed E-state index contributed by atoms with van der Waals surface area (Å²) in [5.74, 6) is -1.82. The topological polar surface area (TPSA) is 112 Å². The molecule has 0 saturated heterocycles. The van der Waals surface area contributed by atoms with E-state index < -0.39 is 12.1 Å². The van der Waals surface area contributed by atoms with Crippen molar-refractivity contribution in [3.63, 3.8) is 0 Å². The zero-order valence-electron chi connectivity index (χ0n) is 18.6. The van der Waals surface area contributed by atoms with E-state index in [1.165, 1.54) is 0 Å². The number of aromatic amines is 2. The zero-order chi connectivity index (χ0) is 25.4. The second kappa shape index (κ2) is 11.1. The number of nitrogens with zero attached hydrogens (tertiary/aromatic N) is 1. The number of pyridine rings is 2. The maximum absolute atomic E-state index is 12.8. The lowest BCUT2D eigenvalue weighted by atomic mass is 10.1. The molecule has 0 aliphatic heterocycles. The van der Waals surface area contributed by atoms with Crippen molar-refractivity contribution in [2.75, 3.05) is 13.7 Å². The number of rotatable bonds is 6. The lowest BCUT2D eigenvalue weighted by Crippen LogP contribution is -2.37. The Morgan fingerprint density at radius 3 is 2.40 bits per heavy atom. The molecule has 4 aromatic rings. The summed E-state index contributed by atoms with van der Waals surface area (Å²) in [6.07, 6.45) is 1.12. The molecule has 11 heteroatoms. The maximum Gasteiger partial charge on any atom is 0.430 e. The Balaban J connectivity index is 0.000000429. The van der Waals surface area contributed by atoms with E-state index in [9.17, 15) is 18.0 Å². The van der Waals surface area contributed by atoms with Gasteiger partial charge in [0.25, 0.3) is 0 Å². The predicted octanol–water partition coefficient (Wildman–Crippen LogP) is 1.51. The van der Waals surface area contributed by atoms with Crippen molar-refractivity contribution in [2.24, 2.45) is 0 Å². The van der Waals surface area contributed by atoms with Gasteiger partial charge >= 0.3 is 17.9 Å². The number of benzene rings is 1. The van der Waals surface area contributed by atoms with Gasteiger partial charge in [0.15, 0.2) is 23.6 Å². The molecule has 0 aliphatic carbocycles. The first-order valence-electron chi connectivity index (χ1n) is 10.4. The summed E-state index contributed by atoms with van der Waals surface area (Å²) in [6.45, 7) is 0.517. The molecule has 8 nitrogen and oxygen atoms in total. The number of fused-ring (bicyclic) bond motifs is 1. The summed E-state index contributed by atoms with van der Waals surface area (Å²) < 4.78 is 38.8. The fraction of sp³-hybridized carbons (Fsp3) is 0.167. The number of hydrogen-bond donors (Lipinski definition) is 2. The maximum atomic E-state index is 12.8. The number of alkyl halides is 3. The van der Waals surface area contributed by atoms with Gasteiger partial charge < -0.3 is 20.0 Å². The van der Waals surface area contributed by atoms with Crippen LogP contribution in [0, 0.1) is 0 Å². The van der Waals surface area contributed by atoms with E-state index in [2.05, 4.69) is 15.3 Å². The first kappa shape index (κ1) is 25.2. The molecule has 0 aliphatic rings. The molecule has 1 amide bonds. The second-order valence-electron chi connectivity index (χ2n) is 7.20. The van der Waals surface area contributed by atoms with Crippen LogP contribution in [0.2, 0.25) is 0 Å². The van der Waals surface area contributed by atoms with Gasteiger partial charge in [-0.25, -0.2) is 9.97 Å². The van der Waals surface area contributed by atoms with Crippen molar-refractivity contribution in [1.82, 2.24) is 10.3 Å². The molecule has 0 bridgehead atoms. The van der Waals surface area contributed by atoms with E-state index in [1.807, 2.05) is 77.6 Å². The number of hydrogen-bond acceptors (Lipinski definition) is 4. The monoisotopic (exact) mass is 487 g/mol. The molecule has 3 N–H and O–H groups in total. The van der Waals surface area contributed by atoms with Crippen LogP contribution in [-0.2, 0) is 11.2 Å².